The van der Waals surface area contributed by atoms with Gasteiger partial charge in [0.15, 0.2) is 0 Å². The standard InChI is InChI=1S/C13H14ClF2NO2/c14-9-1-3-10(4-2-9)17-7-5-13(6-8-17,11(15)16)12(18)19/h1-4,11H,5-8H2,(H,18,19). The molecule has 0 aliphatic carbocycles. The van der Waals surface area contributed by atoms with Crippen molar-refractivity contribution < 1.29 is 18.7 Å². The van der Waals surface area contributed by atoms with E-state index in [1.165, 1.54) is 0 Å². The molecule has 0 unspecified atom stereocenters. The molecule has 1 N–H and O–H groups in total. The van der Waals surface area contributed by atoms with Gasteiger partial charge in [0.25, 0.3) is 6.43 Å². The summed E-state index contributed by atoms with van der Waals surface area (Å²) in [4.78, 5) is 13.0. The number of carboxylic acids is 1. The molecule has 0 aromatic heterocycles. The predicted molar refractivity (Wildman–Crippen MR) is 69.0 cm³/mol. The molecule has 19 heavy (non-hydrogen) atoms. The molecule has 2 rings (SSSR count). The van der Waals surface area contributed by atoms with Gasteiger partial charge in [0.05, 0.1) is 0 Å². The number of carboxylic acid groups (broad SMARTS) is 1. The highest BCUT2D eigenvalue weighted by molar-refractivity contribution is 6.30. The smallest absolute Gasteiger partial charge is 0.315 e. The summed E-state index contributed by atoms with van der Waals surface area (Å²) in [5, 5.41) is 9.64. The second kappa shape index (κ2) is 5.33. The Labute approximate surface area is 114 Å². The summed E-state index contributed by atoms with van der Waals surface area (Å²) < 4.78 is 26.0. The van der Waals surface area contributed by atoms with Crippen molar-refractivity contribution in [1.29, 1.82) is 0 Å². The maximum absolute atomic E-state index is 13.0. The van der Waals surface area contributed by atoms with Gasteiger partial charge in [-0.2, -0.15) is 0 Å². The fraction of sp³-hybridized carbons (Fsp3) is 0.462. The van der Waals surface area contributed by atoms with Crippen LogP contribution in [0.15, 0.2) is 24.3 Å². The summed E-state index contributed by atoms with van der Waals surface area (Å²) in [5.41, 5.74) is -1.03. The van der Waals surface area contributed by atoms with Gasteiger partial charge < -0.3 is 10.0 Å². The first-order valence-corrected chi connectivity index (χ1v) is 6.35. The zero-order chi connectivity index (χ0) is 14.0. The molecular weight excluding hydrogens is 276 g/mol. The zero-order valence-electron chi connectivity index (χ0n) is 10.2. The molecule has 1 aromatic carbocycles. The van der Waals surface area contributed by atoms with Crippen LogP contribution < -0.4 is 4.90 Å². The summed E-state index contributed by atoms with van der Waals surface area (Å²) in [7, 11) is 0. The first kappa shape index (κ1) is 14.1. The van der Waals surface area contributed by atoms with Crippen LogP contribution in [-0.2, 0) is 4.79 Å². The van der Waals surface area contributed by atoms with Crippen LogP contribution in [-0.4, -0.2) is 30.6 Å². The van der Waals surface area contributed by atoms with Gasteiger partial charge in [-0.25, -0.2) is 8.78 Å². The van der Waals surface area contributed by atoms with Crippen LogP contribution in [0.5, 0.6) is 0 Å². The lowest BCUT2D eigenvalue weighted by Crippen LogP contribution is -2.48. The van der Waals surface area contributed by atoms with E-state index < -0.39 is 17.8 Å². The van der Waals surface area contributed by atoms with E-state index in [1.54, 1.807) is 24.3 Å². The van der Waals surface area contributed by atoms with Crippen molar-refractivity contribution >= 4 is 23.3 Å². The van der Waals surface area contributed by atoms with Crippen LogP contribution in [0.2, 0.25) is 5.02 Å². The Morgan fingerprint density at radius 3 is 2.21 bits per heavy atom. The van der Waals surface area contributed by atoms with Gasteiger partial charge in [-0.15, -0.1) is 0 Å². The highest BCUT2D eigenvalue weighted by atomic mass is 35.5. The van der Waals surface area contributed by atoms with Crippen LogP contribution in [0.25, 0.3) is 0 Å². The van der Waals surface area contributed by atoms with Gasteiger partial charge in [-0.05, 0) is 37.1 Å². The summed E-state index contributed by atoms with van der Waals surface area (Å²) in [6, 6.07) is 7.06. The minimum atomic E-state index is -2.84. The van der Waals surface area contributed by atoms with Crippen molar-refractivity contribution in [1.82, 2.24) is 0 Å². The van der Waals surface area contributed by atoms with Crippen molar-refractivity contribution in [3.8, 4) is 0 Å². The van der Waals surface area contributed by atoms with Gasteiger partial charge >= 0.3 is 5.97 Å². The Hall–Kier alpha value is -1.36. The molecule has 0 radical (unpaired) electrons. The summed E-state index contributed by atoms with van der Waals surface area (Å²) >= 11 is 5.78. The SMILES string of the molecule is O=C(O)C1(C(F)F)CCN(c2ccc(Cl)cc2)CC1. The van der Waals surface area contributed by atoms with Crippen molar-refractivity contribution in [2.24, 2.45) is 5.41 Å². The van der Waals surface area contributed by atoms with E-state index in [9.17, 15) is 13.6 Å². The van der Waals surface area contributed by atoms with E-state index in [-0.39, 0.29) is 12.8 Å². The van der Waals surface area contributed by atoms with E-state index in [1.807, 2.05) is 4.90 Å². The molecule has 0 spiro atoms. The average Bonchev–Trinajstić information content (AvgIpc) is 2.39. The Morgan fingerprint density at radius 1 is 1.26 bits per heavy atom. The summed E-state index contributed by atoms with van der Waals surface area (Å²) in [6.07, 6.45) is -2.94. The second-order valence-electron chi connectivity index (χ2n) is 4.73. The minimum absolute atomic E-state index is 0.0529. The summed E-state index contributed by atoms with van der Waals surface area (Å²) in [6.45, 7) is 0.608. The lowest BCUT2D eigenvalue weighted by atomic mass is 9.78. The molecular formula is C13H14ClF2NO2. The Morgan fingerprint density at radius 2 is 1.79 bits per heavy atom. The van der Waals surface area contributed by atoms with E-state index in [0.717, 1.165) is 5.69 Å². The molecule has 104 valence electrons. The maximum atomic E-state index is 13.0. The van der Waals surface area contributed by atoms with Crippen molar-refractivity contribution in [2.45, 2.75) is 19.3 Å². The highest BCUT2D eigenvalue weighted by Gasteiger charge is 2.49. The quantitative estimate of drug-likeness (QED) is 0.928. The van der Waals surface area contributed by atoms with E-state index >= 15 is 0 Å². The number of anilines is 1. The number of alkyl halides is 2. The molecule has 0 amide bonds. The van der Waals surface area contributed by atoms with E-state index in [4.69, 9.17) is 16.7 Å². The Bertz CT molecular complexity index is 456. The first-order valence-electron chi connectivity index (χ1n) is 5.98. The van der Waals surface area contributed by atoms with Crippen molar-refractivity contribution in [2.75, 3.05) is 18.0 Å². The predicted octanol–water partition coefficient (Wildman–Crippen LogP) is 3.28. The van der Waals surface area contributed by atoms with Crippen molar-refractivity contribution in [3.63, 3.8) is 0 Å². The monoisotopic (exact) mass is 289 g/mol. The Kier molecular flexibility index (Phi) is 3.94. The number of nitrogens with zero attached hydrogens (tertiary/aromatic N) is 1. The number of rotatable bonds is 3. The zero-order valence-corrected chi connectivity index (χ0v) is 10.9. The second-order valence-corrected chi connectivity index (χ2v) is 5.16. The lowest BCUT2D eigenvalue weighted by molar-refractivity contribution is -0.161. The maximum Gasteiger partial charge on any atom is 0.315 e. The molecule has 1 aliphatic heterocycles. The Balaban J connectivity index is 2.10. The highest BCUT2D eigenvalue weighted by Crippen LogP contribution is 2.39. The van der Waals surface area contributed by atoms with Crippen LogP contribution in [0, 0.1) is 5.41 Å². The van der Waals surface area contributed by atoms with E-state index in [2.05, 4.69) is 0 Å². The first-order chi connectivity index (χ1) is 8.95. The van der Waals surface area contributed by atoms with Gasteiger partial charge in [-0.1, -0.05) is 11.6 Å². The van der Waals surface area contributed by atoms with Crippen LogP contribution in [0.1, 0.15) is 12.8 Å². The molecule has 3 nitrogen and oxygen atoms in total. The number of hydrogen-bond donors (Lipinski definition) is 1. The molecule has 1 fully saturated rings. The molecule has 1 aromatic rings. The third-order valence-corrected chi connectivity index (χ3v) is 3.94. The number of benzene rings is 1. The van der Waals surface area contributed by atoms with Gasteiger partial charge in [0, 0.05) is 23.8 Å². The molecule has 6 heteroatoms. The topological polar surface area (TPSA) is 40.5 Å². The third-order valence-electron chi connectivity index (χ3n) is 3.69. The fourth-order valence-corrected chi connectivity index (χ4v) is 2.47. The van der Waals surface area contributed by atoms with Gasteiger partial charge in [0.2, 0.25) is 0 Å². The molecule has 0 bridgehead atoms. The summed E-state index contributed by atoms with van der Waals surface area (Å²) in [5.74, 6) is -1.40. The van der Waals surface area contributed by atoms with Crippen LogP contribution >= 0.6 is 11.6 Å². The minimum Gasteiger partial charge on any atom is -0.481 e. The average molecular weight is 290 g/mol. The number of hydrogen-bond acceptors (Lipinski definition) is 2. The molecule has 1 saturated heterocycles. The van der Waals surface area contributed by atoms with E-state index in [0.29, 0.717) is 18.1 Å². The lowest BCUT2D eigenvalue weighted by Gasteiger charge is -2.39. The molecule has 1 aliphatic rings. The van der Waals surface area contributed by atoms with Gasteiger partial charge in [0.1, 0.15) is 5.41 Å². The normalized spacial score (nSPS) is 18.6. The number of aliphatic carboxylic acids is 1. The number of carbonyl (C=O) groups is 1. The largest absolute Gasteiger partial charge is 0.481 e. The van der Waals surface area contributed by atoms with Crippen molar-refractivity contribution in [3.05, 3.63) is 29.3 Å². The molecule has 0 atom stereocenters. The number of halogens is 3. The van der Waals surface area contributed by atoms with Gasteiger partial charge in [-0.3, -0.25) is 4.79 Å². The molecule has 0 saturated carbocycles. The fourth-order valence-electron chi connectivity index (χ4n) is 2.34. The third kappa shape index (κ3) is 2.66. The van der Waals surface area contributed by atoms with Crippen LogP contribution in [0.4, 0.5) is 14.5 Å². The number of piperidine rings is 1. The molecule has 1 heterocycles. The van der Waals surface area contributed by atoms with Crippen LogP contribution in [0.3, 0.4) is 0 Å².